The van der Waals surface area contributed by atoms with Crippen molar-refractivity contribution < 1.29 is 23.2 Å². The van der Waals surface area contributed by atoms with Crippen LogP contribution in [0.25, 0.3) is 0 Å². The Morgan fingerprint density at radius 2 is 1.50 bits per heavy atom. The van der Waals surface area contributed by atoms with Crippen molar-refractivity contribution in [3.8, 4) is 17.4 Å². The molecule has 9 nitrogen and oxygen atoms in total. The van der Waals surface area contributed by atoms with Crippen LogP contribution in [0.1, 0.15) is 19.3 Å². The van der Waals surface area contributed by atoms with E-state index in [4.69, 9.17) is 4.74 Å². The molecule has 1 aliphatic rings. The van der Waals surface area contributed by atoms with Crippen LogP contribution in [0.4, 0.5) is 11.5 Å². The lowest BCUT2D eigenvalue weighted by Crippen LogP contribution is -2.30. The summed E-state index contributed by atoms with van der Waals surface area (Å²) in [5, 5.41) is 20.8. The molecule has 0 aliphatic carbocycles. The lowest BCUT2D eigenvalue weighted by atomic mass is 10.1. The van der Waals surface area contributed by atoms with Gasteiger partial charge in [0.15, 0.2) is 0 Å². The first-order valence-corrected chi connectivity index (χ1v) is 11.6. The number of nitrogens with zero attached hydrogens (tertiary/aromatic N) is 3. The summed E-state index contributed by atoms with van der Waals surface area (Å²) >= 11 is 0. The molecular formula is C22H21N3O6S. The molecular weight excluding hydrogens is 434 g/mol. The summed E-state index contributed by atoms with van der Waals surface area (Å²) in [7, 11) is -3.75. The van der Waals surface area contributed by atoms with Gasteiger partial charge in [0.25, 0.3) is 0 Å². The Bertz CT molecular complexity index is 1220. The highest BCUT2D eigenvalue weighted by Gasteiger charge is 2.24. The average Bonchev–Trinajstić information content (AvgIpc) is 2.80. The van der Waals surface area contributed by atoms with Crippen LogP contribution in [-0.4, -0.2) is 36.5 Å². The van der Waals surface area contributed by atoms with Crippen LogP contribution in [0.5, 0.6) is 17.4 Å². The van der Waals surface area contributed by atoms with Crippen molar-refractivity contribution in [3.05, 3.63) is 70.8 Å². The Labute approximate surface area is 185 Å². The lowest BCUT2D eigenvalue weighted by molar-refractivity contribution is -0.384. The molecule has 0 radical (unpaired) electrons. The Hall–Kier alpha value is -3.66. The number of phenols is 1. The van der Waals surface area contributed by atoms with E-state index in [1.165, 1.54) is 60.7 Å². The number of phenolic OH excluding ortho intramolecular Hbond substituents is 1. The number of anilines is 1. The molecule has 166 valence electrons. The second-order valence-corrected chi connectivity index (χ2v) is 9.32. The van der Waals surface area contributed by atoms with Crippen LogP contribution < -0.4 is 9.64 Å². The second kappa shape index (κ2) is 8.83. The summed E-state index contributed by atoms with van der Waals surface area (Å²) in [6.45, 7) is 1.39. The summed E-state index contributed by atoms with van der Waals surface area (Å²) in [5.41, 5.74) is -0.0745. The summed E-state index contributed by atoms with van der Waals surface area (Å²) in [5.74, 6) is 0.789. The van der Waals surface area contributed by atoms with E-state index in [1.54, 1.807) is 0 Å². The van der Waals surface area contributed by atoms with E-state index >= 15 is 0 Å². The quantitative estimate of drug-likeness (QED) is 0.431. The zero-order valence-corrected chi connectivity index (χ0v) is 17.9. The molecule has 4 rings (SSSR count). The normalized spacial score (nSPS) is 14.2. The third-order valence-corrected chi connectivity index (χ3v) is 6.97. The minimum Gasteiger partial charge on any atom is -0.508 e. The van der Waals surface area contributed by atoms with Gasteiger partial charge in [-0.1, -0.05) is 0 Å². The van der Waals surface area contributed by atoms with E-state index in [-0.39, 0.29) is 32.9 Å². The number of hydrogen-bond acceptors (Lipinski definition) is 8. The van der Waals surface area contributed by atoms with Gasteiger partial charge in [-0.05, 0) is 67.8 Å². The van der Waals surface area contributed by atoms with Crippen LogP contribution in [0.15, 0.2) is 70.5 Å². The minimum absolute atomic E-state index is 0.0211. The van der Waals surface area contributed by atoms with Crippen molar-refractivity contribution >= 4 is 21.3 Å². The Morgan fingerprint density at radius 3 is 2.09 bits per heavy atom. The molecule has 3 aromatic rings. The van der Waals surface area contributed by atoms with E-state index in [0.29, 0.717) is 18.8 Å². The highest BCUT2D eigenvalue weighted by Crippen LogP contribution is 2.32. The molecule has 1 aliphatic heterocycles. The predicted molar refractivity (Wildman–Crippen MR) is 117 cm³/mol. The topological polar surface area (TPSA) is 123 Å². The molecule has 0 amide bonds. The predicted octanol–water partition coefficient (Wildman–Crippen LogP) is 4.31. The third kappa shape index (κ3) is 4.50. The maximum Gasteiger partial charge on any atom is 0.311 e. The SMILES string of the molecule is O=[N+]([O-])c1ccc(Oc2ccc(S(=O)(=O)c3ccc(O)cc3)cc2)nc1N1CCCCC1. The van der Waals surface area contributed by atoms with E-state index in [9.17, 15) is 23.6 Å². The van der Waals surface area contributed by atoms with E-state index in [1.807, 2.05) is 4.90 Å². The van der Waals surface area contributed by atoms with Gasteiger partial charge in [0, 0.05) is 25.2 Å². The molecule has 10 heteroatoms. The molecule has 1 saturated heterocycles. The Morgan fingerprint density at radius 1 is 0.906 bits per heavy atom. The second-order valence-electron chi connectivity index (χ2n) is 7.37. The van der Waals surface area contributed by atoms with Gasteiger partial charge in [-0.2, -0.15) is 4.98 Å². The zero-order chi connectivity index (χ0) is 22.7. The fraction of sp³-hybridized carbons (Fsp3) is 0.227. The molecule has 0 spiro atoms. The number of nitro groups is 1. The number of aromatic hydroxyl groups is 1. The molecule has 1 fully saturated rings. The number of piperidine rings is 1. The van der Waals surface area contributed by atoms with Gasteiger partial charge < -0.3 is 14.7 Å². The highest BCUT2D eigenvalue weighted by atomic mass is 32.2. The van der Waals surface area contributed by atoms with Crippen LogP contribution in [0, 0.1) is 10.1 Å². The van der Waals surface area contributed by atoms with Gasteiger partial charge >= 0.3 is 5.69 Å². The van der Waals surface area contributed by atoms with E-state index < -0.39 is 14.8 Å². The molecule has 0 bridgehead atoms. The first kappa shape index (κ1) is 21.6. The average molecular weight is 455 g/mol. The molecule has 0 atom stereocenters. The first-order chi connectivity index (χ1) is 15.3. The fourth-order valence-electron chi connectivity index (χ4n) is 3.53. The van der Waals surface area contributed by atoms with Crippen molar-refractivity contribution in [1.82, 2.24) is 4.98 Å². The third-order valence-electron chi connectivity index (χ3n) is 5.18. The van der Waals surface area contributed by atoms with Crippen molar-refractivity contribution in [2.24, 2.45) is 0 Å². The minimum atomic E-state index is -3.75. The smallest absolute Gasteiger partial charge is 0.311 e. The van der Waals surface area contributed by atoms with Crippen molar-refractivity contribution in [1.29, 1.82) is 0 Å². The van der Waals surface area contributed by atoms with Gasteiger partial charge in [0.05, 0.1) is 14.7 Å². The largest absolute Gasteiger partial charge is 0.508 e. The number of pyridine rings is 1. The molecule has 1 aromatic heterocycles. The lowest BCUT2D eigenvalue weighted by Gasteiger charge is -2.27. The summed E-state index contributed by atoms with van der Waals surface area (Å²) in [4.78, 5) is 17.4. The van der Waals surface area contributed by atoms with Crippen LogP contribution in [0.3, 0.4) is 0 Å². The maximum atomic E-state index is 12.7. The van der Waals surface area contributed by atoms with Gasteiger partial charge in [-0.3, -0.25) is 10.1 Å². The maximum absolute atomic E-state index is 12.7. The number of aromatic nitrogens is 1. The number of benzene rings is 2. The number of rotatable bonds is 6. The molecule has 0 unspecified atom stereocenters. The van der Waals surface area contributed by atoms with Gasteiger partial charge in [-0.25, -0.2) is 8.42 Å². The summed E-state index contributed by atoms with van der Waals surface area (Å²) < 4.78 is 31.2. The monoisotopic (exact) mass is 455 g/mol. The Kier molecular flexibility index (Phi) is 5.95. The number of hydrogen-bond donors (Lipinski definition) is 1. The van der Waals surface area contributed by atoms with Crippen LogP contribution >= 0.6 is 0 Å². The molecule has 32 heavy (non-hydrogen) atoms. The number of ether oxygens (including phenoxy) is 1. The zero-order valence-electron chi connectivity index (χ0n) is 17.0. The molecule has 1 N–H and O–H groups in total. The van der Waals surface area contributed by atoms with E-state index in [0.717, 1.165) is 19.3 Å². The van der Waals surface area contributed by atoms with Crippen molar-refractivity contribution in [2.75, 3.05) is 18.0 Å². The summed E-state index contributed by atoms with van der Waals surface area (Å²) in [6, 6.07) is 13.9. The van der Waals surface area contributed by atoms with Gasteiger partial charge in [-0.15, -0.1) is 0 Å². The molecule has 0 saturated carbocycles. The molecule has 2 heterocycles. The van der Waals surface area contributed by atoms with E-state index in [2.05, 4.69) is 4.98 Å². The number of sulfone groups is 1. The summed E-state index contributed by atoms with van der Waals surface area (Å²) in [6.07, 6.45) is 2.97. The van der Waals surface area contributed by atoms with Gasteiger partial charge in [0.1, 0.15) is 11.5 Å². The van der Waals surface area contributed by atoms with Crippen LogP contribution in [0.2, 0.25) is 0 Å². The van der Waals surface area contributed by atoms with Gasteiger partial charge in [0.2, 0.25) is 21.5 Å². The highest BCUT2D eigenvalue weighted by molar-refractivity contribution is 7.91. The fourth-order valence-corrected chi connectivity index (χ4v) is 4.79. The molecule has 2 aromatic carbocycles. The first-order valence-electron chi connectivity index (χ1n) is 10.1. The standard InChI is InChI=1S/C22H21N3O6S/c26-16-4-8-18(9-5-16)32(29,30)19-10-6-17(7-11-19)31-21-13-12-20(25(27)28)22(23-21)24-14-2-1-3-15-24/h4-13,26H,1-3,14-15H2. The van der Waals surface area contributed by atoms with Crippen LogP contribution in [-0.2, 0) is 9.84 Å². The van der Waals surface area contributed by atoms with Crippen molar-refractivity contribution in [3.63, 3.8) is 0 Å². The Balaban J connectivity index is 1.57. The van der Waals surface area contributed by atoms with Crippen molar-refractivity contribution in [2.45, 2.75) is 29.1 Å².